The number of carbonyl (C=O) groups is 2. The Morgan fingerprint density at radius 2 is 1.80 bits per heavy atom. The van der Waals surface area contributed by atoms with Crippen molar-refractivity contribution in [3.63, 3.8) is 0 Å². The first-order valence-corrected chi connectivity index (χ1v) is 10.7. The highest BCUT2D eigenvalue weighted by atomic mass is 16.2. The third-order valence-corrected chi connectivity index (χ3v) is 5.54. The second-order valence-corrected chi connectivity index (χ2v) is 7.94. The van der Waals surface area contributed by atoms with E-state index < -0.39 is 0 Å². The summed E-state index contributed by atoms with van der Waals surface area (Å²) in [5.74, 6) is -0.227. The minimum Gasteiger partial charge on any atom is -0.348 e. The van der Waals surface area contributed by atoms with Gasteiger partial charge in [0.1, 0.15) is 0 Å². The minimum atomic E-state index is -0.123. The summed E-state index contributed by atoms with van der Waals surface area (Å²) in [6.07, 6.45) is 7.16. The van der Waals surface area contributed by atoms with Crippen LogP contribution >= 0.6 is 0 Å². The molecule has 5 nitrogen and oxygen atoms in total. The molecule has 2 N–H and O–H groups in total. The van der Waals surface area contributed by atoms with Crippen LogP contribution in [-0.4, -0.2) is 29.3 Å². The van der Waals surface area contributed by atoms with E-state index in [0.29, 0.717) is 12.6 Å². The Kier molecular flexibility index (Phi) is 7.80. The number of anilines is 1. The number of amides is 2. The van der Waals surface area contributed by atoms with Gasteiger partial charge in [-0.05, 0) is 61.2 Å². The molecule has 1 aliphatic rings. The van der Waals surface area contributed by atoms with Crippen LogP contribution < -0.4 is 10.6 Å². The van der Waals surface area contributed by atoms with Gasteiger partial charge in [-0.15, -0.1) is 0 Å². The van der Waals surface area contributed by atoms with Gasteiger partial charge in [-0.3, -0.25) is 14.5 Å². The second-order valence-electron chi connectivity index (χ2n) is 7.94. The number of benzene rings is 2. The number of piperidine rings is 1. The molecule has 0 aromatic heterocycles. The molecule has 2 amide bonds. The molecular formula is C25H31N3O2. The van der Waals surface area contributed by atoms with Gasteiger partial charge >= 0.3 is 0 Å². The Balaban J connectivity index is 1.54. The fourth-order valence-corrected chi connectivity index (χ4v) is 3.79. The maximum absolute atomic E-state index is 12.3. The third-order valence-electron chi connectivity index (χ3n) is 5.54. The maximum Gasteiger partial charge on any atom is 0.244 e. The SMILES string of the molecule is CC(=O)Nc1ccc(/C=C/C(=O)NCc2ccccc2CN2CCCCC2C)cc1. The molecule has 0 saturated carbocycles. The molecule has 0 bridgehead atoms. The molecule has 0 radical (unpaired) electrons. The molecule has 3 rings (SSSR count). The lowest BCUT2D eigenvalue weighted by atomic mass is 10.0. The van der Waals surface area contributed by atoms with E-state index >= 15 is 0 Å². The van der Waals surface area contributed by atoms with Gasteiger partial charge in [-0.2, -0.15) is 0 Å². The highest BCUT2D eigenvalue weighted by molar-refractivity contribution is 5.92. The van der Waals surface area contributed by atoms with Crippen molar-refractivity contribution in [3.05, 3.63) is 71.3 Å². The van der Waals surface area contributed by atoms with Crippen molar-refractivity contribution >= 4 is 23.6 Å². The number of hydrogen-bond acceptors (Lipinski definition) is 3. The quantitative estimate of drug-likeness (QED) is 0.673. The Bertz CT molecular complexity index is 890. The standard InChI is InChI=1S/C25H31N3O2/c1-19-7-5-6-16-28(19)18-23-9-4-3-8-22(23)17-26-25(30)15-12-21-10-13-24(14-11-21)27-20(2)29/h3-4,8-15,19H,5-7,16-18H2,1-2H3,(H,26,30)(H,27,29)/b15-12+. The molecule has 1 unspecified atom stereocenters. The van der Waals surface area contributed by atoms with E-state index in [1.165, 1.54) is 31.7 Å². The normalized spacial score (nSPS) is 17.1. The van der Waals surface area contributed by atoms with Crippen molar-refractivity contribution in [1.29, 1.82) is 0 Å². The number of nitrogens with one attached hydrogen (secondary N) is 2. The zero-order valence-electron chi connectivity index (χ0n) is 17.9. The molecule has 1 aliphatic heterocycles. The van der Waals surface area contributed by atoms with E-state index in [1.54, 1.807) is 12.2 Å². The summed E-state index contributed by atoms with van der Waals surface area (Å²) < 4.78 is 0. The average Bonchev–Trinajstić information content (AvgIpc) is 2.74. The predicted octanol–water partition coefficient (Wildman–Crippen LogP) is 4.35. The van der Waals surface area contributed by atoms with Gasteiger partial charge in [-0.25, -0.2) is 0 Å². The summed E-state index contributed by atoms with van der Waals surface area (Å²) >= 11 is 0. The van der Waals surface area contributed by atoms with Gasteiger partial charge in [0, 0.05) is 37.8 Å². The van der Waals surface area contributed by atoms with Crippen LogP contribution in [0.2, 0.25) is 0 Å². The van der Waals surface area contributed by atoms with E-state index in [0.717, 1.165) is 29.9 Å². The van der Waals surface area contributed by atoms with Crippen LogP contribution in [0.5, 0.6) is 0 Å². The highest BCUT2D eigenvalue weighted by Crippen LogP contribution is 2.20. The number of rotatable bonds is 7. The summed E-state index contributed by atoms with van der Waals surface area (Å²) in [7, 11) is 0. The van der Waals surface area contributed by atoms with Crippen molar-refractivity contribution in [2.75, 3.05) is 11.9 Å². The Labute approximate surface area is 179 Å². The van der Waals surface area contributed by atoms with Crippen molar-refractivity contribution < 1.29 is 9.59 Å². The first kappa shape index (κ1) is 21.8. The Morgan fingerprint density at radius 1 is 1.07 bits per heavy atom. The summed E-state index contributed by atoms with van der Waals surface area (Å²) in [5, 5.41) is 5.72. The largest absolute Gasteiger partial charge is 0.348 e. The van der Waals surface area contributed by atoms with Crippen molar-refractivity contribution in [2.24, 2.45) is 0 Å². The Hall–Kier alpha value is -2.92. The fraction of sp³-hybridized carbons (Fsp3) is 0.360. The molecular weight excluding hydrogens is 374 g/mol. The van der Waals surface area contributed by atoms with E-state index in [9.17, 15) is 9.59 Å². The lowest BCUT2D eigenvalue weighted by Gasteiger charge is -2.33. The van der Waals surface area contributed by atoms with Gasteiger partial charge in [0.15, 0.2) is 0 Å². The summed E-state index contributed by atoms with van der Waals surface area (Å²) in [6, 6.07) is 16.3. The van der Waals surface area contributed by atoms with Crippen LogP contribution in [-0.2, 0) is 22.7 Å². The van der Waals surface area contributed by atoms with Crippen LogP contribution in [0.15, 0.2) is 54.6 Å². The third kappa shape index (κ3) is 6.56. The molecule has 1 heterocycles. The van der Waals surface area contributed by atoms with E-state index in [1.807, 2.05) is 30.3 Å². The zero-order chi connectivity index (χ0) is 21.3. The van der Waals surface area contributed by atoms with Crippen molar-refractivity contribution in [1.82, 2.24) is 10.2 Å². The molecule has 1 saturated heterocycles. The molecule has 30 heavy (non-hydrogen) atoms. The predicted molar refractivity (Wildman–Crippen MR) is 122 cm³/mol. The van der Waals surface area contributed by atoms with E-state index in [4.69, 9.17) is 0 Å². The summed E-state index contributed by atoms with van der Waals surface area (Å²) in [6.45, 7) is 6.37. The number of likely N-dealkylation sites (tertiary alicyclic amines) is 1. The monoisotopic (exact) mass is 405 g/mol. The van der Waals surface area contributed by atoms with E-state index in [-0.39, 0.29) is 11.8 Å². The highest BCUT2D eigenvalue weighted by Gasteiger charge is 2.19. The smallest absolute Gasteiger partial charge is 0.244 e. The topological polar surface area (TPSA) is 61.4 Å². The molecule has 0 spiro atoms. The van der Waals surface area contributed by atoms with Crippen molar-refractivity contribution in [2.45, 2.75) is 52.2 Å². The van der Waals surface area contributed by atoms with E-state index in [2.05, 4.69) is 40.7 Å². The first-order chi connectivity index (χ1) is 14.5. The number of carbonyl (C=O) groups excluding carboxylic acids is 2. The molecule has 0 aliphatic carbocycles. The summed E-state index contributed by atoms with van der Waals surface area (Å²) in [4.78, 5) is 25.9. The maximum atomic E-state index is 12.3. The van der Waals surface area contributed by atoms with Crippen LogP contribution in [0.3, 0.4) is 0 Å². The van der Waals surface area contributed by atoms with Crippen LogP contribution in [0.4, 0.5) is 5.69 Å². The number of nitrogens with zero attached hydrogens (tertiary/aromatic N) is 1. The molecule has 5 heteroatoms. The lowest BCUT2D eigenvalue weighted by molar-refractivity contribution is -0.116. The van der Waals surface area contributed by atoms with Gasteiger partial charge in [0.05, 0.1) is 0 Å². The van der Waals surface area contributed by atoms with Gasteiger partial charge in [0.25, 0.3) is 0 Å². The van der Waals surface area contributed by atoms with Crippen LogP contribution in [0, 0.1) is 0 Å². The first-order valence-electron chi connectivity index (χ1n) is 10.7. The second kappa shape index (κ2) is 10.7. The van der Waals surface area contributed by atoms with Crippen LogP contribution in [0.25, 0.3) is 6.08 Å². The minimum absolute atomic E-state index is 0.104. The van der Waals surface area contributed by atoms with Gasteiger partial charge in [0.2, 0.25) is 11.8 Å². The molecule has 2 aromatic rings. The van der Waals surface area contributed by atoms with Gasteiger partial charge < -0.3 is 10.6 Å². The van der Waals surface area contributed by atoms with Crippen molar-refractivity contribution in [3.8, 4) is 0 Å². The number of hydrogen-bond donors (Lipinski definition) is 2. The molecule has 1 fully saturated rings. The zero-order valence-corrected chi connectivity index (χ0v) is 17.9. The van der Waals surface area contributed by atoms with Crippen LogP contribution in [0.1, 0.15) is 49.8 Å². The van der Waals surface area contributed by atoms with Gasteiger partial charge in [-0.1, -0.05) is 42.8 Å². The molecule has 2 aromatic carbocycles. The summed E-state index contributed by atoms with van der Waals surface area (Å²) in [5.41, 5.74) is 4.09. The average molecular weight is 406 g/mol. The Morgan fingerprint density at radius 3 is 2.50 bits per heavy atom. The lowest BCUT2D eigenvalue weighted by Crippen LogP contribution is -2.37. The fourth-order valence-electron chi connectivity index (χ4n) is 3.79. The molecule has 158 valence electrons. The molecule has 1 atom stereocenters.